The van der Waals surface area contributed by atoms with Gasteiger partial charge < -0.3 is 4.42 Å². The highest BCUT2D eigenvalue weighted by atomic mass is 16.3. The van der Waals surface area contributed by atoms with E-state index >= 15 is 0 Å². The summed E-state index contributed by atoms with van der Waals surface area (Å²) in [5.41, 5.74) is 6.21. The highest BCUT2D eigenvalue weighted by Crippen LogP contribution is 2.35. The van der Waals surface area contributed by atoms with Crippen LogP contribution < -0.4 is 0 Å². The number of hydrogen-bond donors (Lipinski definition) is 0. The number of furan rings is 1. The summed E-state index contributed by atoms with van der Waals surface area (Å²) < 4.78 is 14.5. The topological polar surface area (TPSA) is 38.9 Å². The van der Waals surface area contributed by atoms with Crippen LogP contribution in [0.1, 0.15) is 51.8 Å². The molecule has 0 atom stereocenters. The fourth-order valence-corrected chi connectivity index (χ4v) is 4.07. The molecule has 31 heavy (non-hydrogen) atoms. The van der Waals surface area contributed by atoms with Crippen molar-refractivity contribution in [1.29, 1.82) is 0 Å². The van der Waals surface area contributed by atoms with Crippen molar-refractivity contribution < 1.29 is 5.79 Å². The van der Waals surface area contributed by atoms with Crippen molar-refractivity contribution in [3.63, 3.8) is 0 Å². The Bertz CT molecular complexity index is 1430. The predicted octanol–water partition coefficient (Wildman–Crippen LogP) is 7.49. The number of aromatic nitrogens is 2. The molecular formula is C28H26N2O. The molecule has 0 radical (unpaired) electrons. The molecular weight excluding hydrogens is 380 g/mol. The molecule has 0 spiro atoms. The predicted molar refractivity (Wildman–Crippen MR) is 127 cm³/mol. The van der Waals surface area contributed by atoms with Crippen molar-refractivity contribution in [3.05, 3.63) is 95.8 Å². The summed E-state index contributed by atoms with van der Waals surface area (Å²) in [5, 5.41) is 2.01. The van der Waals surface area contributed by atoms with Gasteiger partial charge in [0.15, 0.2) is 0 Å². The normalized spacial score (nSPS) is 13.0. The first-order valence-corrected chi connectivity index (χ1v) is 10.6. The lowest BCUT2D eigenvalue weighted by Crippen LogP contribution is -2.20. The molecule has 3 nitrogen and oxygen atoms in total. The second-order valence-electron chi connectivity index (χ2n) is 8.78. The molecule has 0 saturated heterocycles. The summed E-state index contributed by atoms with van der Waals surface area (Å²) >= 11 is 0. The molecule has 3 heteroatoms. The van der Waals surface area contributed by atoms with Gasteiger partial charge in [0.05, 0.1) is 11.4 Å². The van der Waals surface area contributed by atoms with E-state index in [-0.39, 0.29) is 5.41 Å². The number of rotatable bonds is 4. The van der Waals surface area contributed by atoms with E-state index in [4.69, 9.17) is 10.8 Å². The van der Waals surface area contributed by atoms with Gasteiger partial charge in [-0.3, -0.25) is 4.98 Å². The summed E-state index contributed by atoms with van der Waals surface area (Å²) in [6.07, 6.45) is 1.78. The minimum Gasteiger partial charge on any atom is -0.438 e. The zero-order valence-corrected chi connectivity index (χ0v) is 18.3. The molecule has 3 heterocycles. The van der Waals surface area contributed by atoms with Crippen LogP contribution in [0.5, 0.6) is 0 Å². The van der Waals surface area contributed by atoms with Crippen LogP contribution in [0.3, 0.4) is 0 Å². The van der Waals surface area contributed by atoms with Crippen LogP contribution >= 0.6 is 0 Å². The fraction of sp³-hybridized carbons (Fsp3) is 0.214. The molecule has 0 N–H and O–H groups in total. The third-order valence-corrected chi connectivity index (χ3v) is 6.11. The van der Waals surface area contributed by atoms with Gasteiger partial charge in [0.2, 0.25) is 5.71 Å². The number of pyridine rings is 2. The van der Waals surface area contributed by atoms with Crippen LogP contribution in [0.15, 0.2) is 83.4 Å². The van der Waals surface area contributed by atoms with Gasteiger partial charge in [-0.15, -0.1) is 0 Å². The van der Waals surface area contributed by atoms with E-state index in [1.54, 1.807) is 6.20 Å². The molecule has 0 amide bonds. The number of benzene rings is 2. The zero-order valence-electron chi connectivity index (χ0n) is 19.3. The molecule has 0 aliphatic heterocycles. The maximum absolute atomic E-state index is 8.33. The van der Waals surface area contributed by atoms with Gasteiger partial charge in [-0.2, -0.15) is 0 Å². The van der Waals surface area contributed by atoms with Gasteiger partial charge in [-0.25, -0.2) is 4.98 Å². The minimum atomic E-state index is -0.671. The van der Waals surface area contributed by atoms with E-state index in [0.29, 0.717) is 5.71 Å². The van der Waals surface area contributed by atoms with Gasteiger partial charge in [0, 0.05) is 29.3 Å². The van der Waals surface area contributed by atoms with E-state index in [1.807, 2.05) is 44.2 Å². The van der Waals surface area contributed by atoms with Gasteiger partial charge >= 0.3 is 0 Å². The van der Waals surface area contributed by atoms with Crippen molar-refractivity contribution in [2.45, 2.75) is 39.0 Å². The summed E-state index contributed by atoms with van der Waals surface area (Å²) in [4.78, 5) is 9.45. The Kier molecular flexibility index (Phi) is 4.34. The Labute approximate surface area is 184 Å². The molecule has 154 valence electrons. The molecule has 2 aromatic carbocycles. The third kappa shape index (κ3) is 3.40. The smallest absolute Gasteiger partial charge is 0.227 e. The molecule has 0 saturated carbocycles. The van der Waals surface area contributed by atoms with Crippen LogP contribution in [-0.4, -0.2) is 9.97 Å². The highest BCUT2D eigenvalue weighted by Gasteiger charge is 2.25. The zero-order chi connectivity index (χ0) is 22.5. The van der Waals surface area contributed by atoms with Gasteiger partial charge in [0.1, 0.15) is 5.58 Å². The molecule has 0 aliphatic carbocycles. The van der Waals surface area contributed by atoms with E-state index in [9.17, 15) is 0 Å². The van der Waals surface area contributed by atoms with E-state index in [0.717, 1.165) is 38.9 Å². The van der Waals surface area contributed by atoms with Crippen LogP contribution in [-0.2, 0) is 5.41 Å². The highest BCUT2D eigenvalue weighted by molar-refractivity contribution is 6.05. The Hall–Kier alpha value is -3.46. The van der Waals surface area contributed by atoms with Crippen molar-refractivity contribution in [2.24, 2.45) is 0 Å². The lowest BCUT2D eigenvalue weighted by Gasteiger charge is -2.24. The minimum absolute atomic E-state index is 0.229. The third-order valence-electron chi connectivity index (χ3n) is 6.11. The largest absolute Gasteiger partial charge is 0.438 e. The number of nitrogens with zero attached hydrogens (tertiary/aromatic N) is 2. The molecule has 5 aromatic rings. The Morgan fingerprint density at radius 3 is 2.48 bits per heavy atom. The first-order chi connectivity index (χ1) is 15.2. The molecule has 0 unspecified atom stereocenters. The van der Waals surface area contributed by atoms with Gasteiger partial charge in [0.25, 0.3) is 0 Å². The van der Waals surface area contributed by atoms with Crippen molar-refractivity contribution in [3.8, 4) is 11.3 Å². The molecule has 5 rings (SSSR count). The second-order valence-corrected chi connectivity index (χ2v) is 8.78. The molecule has 0 fully saturated rings. The average molecular weight is 408 g/mol. The first-order valence-electron chi connectivity index (χ1n) is 11.1. The van der Waals surface area contributed by atoms with Crippen LogP contribution in [0.2, 0.25) is 0 Å². The average Bonchev–Trinajstić information content (AvgIpc) is 3.16. The number of hydrogen-bond acceptors (Lipinski definition) is 3. The Balaban J connectivity index is 1.60. The van der Waals surface area contributed by atoms with E-state index < -0.39 is 5.89 Å². The van der Waals surface area contributed by atoms with Gasteiger partial charge in [-0.05, 0) is 59.5 Å². The van der Waals surface area contributed by atoms with Crippen LogP contribution in [0.4, 0.5) is 0 Å². The number of fused-ring (bicyclic) bond motifs is 3. The van der Waals surface area contributed by atoms with Crippen molar-refractivity contribution in [2.75, 3.05) is 0 Å². The lowest BCUT2D eigenvalue weighted by molar-refractivity contribution is 0.601. The first kappa shape index (κ1) is 18.3. The van der Waals surface area contributed by atoms with Gasteiger partial charge in [-0.1, -0.05) is 58.0 Å². The monoisotopic (exact) mass is 407 g/mol. The maximum Gasteiger partial charge on any atom is 0.227 e. The Morgan fingerprint density at radius 1 is 0.903 bits per heavy atom. The maximum atomic E-state index is 8.33. The molecule has 0 aliphatic rings. The second kappa shape index (κ2) is 7.35. The van der Waals surface area contributed by atoms with E-state index in [2.05, 4.69) is 61.3 Å². The van der Waals surface area contributed by atoms with Crippen LogP contribution in [0.25, 0.3) is 33.3 Å². The van der Waals surface area contributed by atoms with Crippen molar-refractivity contribution in [1.82, 2.24) is 9.97 Å². The lowest BCUT2D eigenvalue weighted by atomic mass is 9.81. The summed E-state index contributed by atoms with van der Waals surface area (Å²) in [7, 11) is 0. The standard InChI is InChI=1S/C28H26N2O/c1-18(2)19-14-15-29-24(17-19)20-10-12-25-23(16-20)22-11-13-26(30-27(22)31-25)28(3,4)21-8-6-5-7-9-21/h5-18H,1-4H3/i18D. The molecule has 0 bridgehead atoms. The summed E-state index contributed by atoms with van der Waals surface area (Å²) in [5.74, 6) is -0.671. The fourth-order valence-electron chi connectivity index (χ4n) is 4.07. The molecule has 3 aromatic heterocycles. The summed E-state index contributed by atoms with van der Waals surface area (Å²) in [6.45, 7) is 8.14. The van der Waals surface area contributed by atoms with E-state index in [1.165, 1.54) is 5.56 Å². The Morgan fingerprint density at radius 2 is 1.71 bits per heavy atom. The quantitative estimate of drug-likeness (QED) is 0.310. The van der Waals surface area contributed by atoms with Crippen molar-refractivity contribution >= 4 is 22.1 Å². The van der Waals surface area contributed by atoms with Crippen LogP contribution in [0, 0.1) is 0 Å². The summed E-state index contributed by atoms with van der Waals surface area (Å²) in [6, 6.07) is 24.6. The SMILES string of the molecule is [2H]C(C)(C)c1ccnc(-c2ccc3oc4nc(C(C)(C)c5ccccc5)ccc4c3c2)c1.